The van der Waals surface area contributed by atoms with Crippen molar-refractivity contribution in [3.63, 3.8) is 0 Å². The summed E-state index contributed by atoms with van der Waals surface area (Å²) in [6, 6.07) is 11.8. The number of carbonyl (C=O) groups is 3. The molecule has 0 fully saturated rings. The standard InChI is InChI=1S/C23H20F2N4O4/c1-14-19(20(30)27-17-9-4-8-16(13-17)23(2,24)25)21(31)29(28-14)18-10-3-6-15(12-18)7-5-11-33-22(26)32/h3-4,6,8-10,12-13,19H,11H2,1-2H3,(H2,26,32)(H,27,30). The van der Waals surface area contributed by atoms with Crippen molar-refractivity contribution in [2.75, 3.05) is 16.9 Å². The molecule has 3 amide bonds. The zero-order valence-electron chi connectivity index (χ0n) is 17.8. The molecule has 0 radical (unpaired) electrons. The first-order valence-electron chi connectivity index (χ1n) is 9.75. The predicted molar refractivity (Wildman–Crippen MR) is 118 cm³/mol. The molecule has 0 spiro atoms. The number of primary amides is 1. The fraction of sp³-hybridized carbons (Fsp3) is 0.217. The van der Waals surface area contributed by atoms with Gasteiger partial charge in [0, 0.05) is 23.7 Å². The maximum absolute atomic E-state index is 13.6. The van der Waals surface area contributed by atoms with Crippen LogP contribution in [0.15, 0.2) is 53.6 Å². The molecular formula is C23H20F2N4O4. The zero-order valence-corrected chi connectivity index (χ0v) is 17.8. The number of nitrogens with one attached hydrogen (secondary N) is 1. The van der Waals surface area contributed by atoms with Crippen molar-refractivity contribution in [1.82, 2.24) is 0 Å². The van der Waals surface area contributed by atoms with Crippen LogP contribution in [0, 0.1) is 17.8 Å². The number of halogens is 2. The van der Waals surface area contributed by atoms with Crippen molar-refractivity contribution in [3.8, 4) is 11.8 Å². The van der Waals surface area contributed by atoms with Crippen molar-refractivity contribution in [3.05, 3.63) is 59.7 Å². The zero-order chi connectivity index (χ0) is 24.2. The minimum Gasteiger partial charge on any atom is -0.437 e. The molecule has 1 heterocycles. The maximum Gasteiger partial charge on any atom is 0.405 e. The highest BCUT2D eigenvalue weighted by Gasteiger charge is 2.40. The molecule has 0 saturated carbocycles. The molecule has 1 atom stereocenters. The number of nitrogens with zero attached hydrogens (tertiary/aromatic N) is 2. The monoisotopic (exact) mass is 454 g/mol. The number of hydrazone groups is 1. The van der Waals surface area contributed by atoms with E-state index >= 15 is 0 Å². The second-order valence-corrected chi connectivity index (χ2v) is 7.24. The number of ether oxygens (including phenoxy) is 1. The van der Waals surface area contributed by atoms with Crippen LogP contribution in [0.4, 0.5) is 25.0 Å². The quantitative estimate of drug-likeness (QED) is 0.533. The van der Waals surface area contributed by atoms with Gasteiger partial charge in [0.05, 0.1) is 11.4 Å². The molecule has 2 aromatic rings. The van der Waals surface area contributed by atoms with Crippen LogP contribution in [-0.4, -0.2) is 30.2 Å². The Morgan fingerprint density at radius 1 is 1.24 bits per heavy atom. The second kappa shape index (κ2) is 9.48. The molecule has 8 nitrogen and oxygen atoms in total. The molecule has 1 aliphatic rings. The highest BCUT2D eigenvalue weighted by molar-refractivity contribution is 6.28. The Morgan fingerprint density at radius 2 is 1.97 bits per heavy atom. The summed E-state index contributed by atoms with van der Waals surface area (Å²) < 4.78 is 31.7. The lowest BCUT2D eigenvalue weighted by molar-refractivity contribution is -0.127. The van der Waals surface area contributed by atoms with E-state index in [0.29, 0.717) is 11.3 Å². The molecular weight excluding hydrogens is 434 g/mol. The number of hydrogen-bond acceptors (Lipinski definition) is 5. The SMILES string of the molecule is CC1=NN(c2cccc(C#CCOC(N)=O)c2)C(=O)C1C(=O)Nc1cccc(C(C)(F)F)c1. The van der Waals surface area contributed by atoms with E-state index in [4.69, 9.17) is 5.73 Å². The van der Waals surface area contributed by atoms with Gasteiger partial charge in [-0.3, -0.25) is 9.59 Å². The number of alkyl halides is 2. The Balaban J connectivity index is 1.75. The summed E-state index contributed by atoms with van der Waals surface area (Å²) in [6.07, 6.45) is -0.940. The van der Waals surface area contributed by atoms with Gasteiger partial charge in [-0.2, -0.15) is 10.1 Å². The van der Waals surface area contributed by atoms with Crippen molar-refractivity contribution in [2.45, 2.75) is 19.8 Å². The van der Waals surface area contributed by atoms with Crippen molar-refractivity contribution < 1.29 is 27.9 Å². The van der Waals surface area contributed by atoms with Crippen molar-refractivity contribution in [1.29, 1.82) is 0 Å². The number of hydrogen-bond donors (Lipinski definition) is 2. The molecule has 3 rings (SSSR count). The Morgan fingerprint density at radius 3 is 2.67 bits per heavy atom. The lowest BCUT2D eigenvalue weighted by Gasteiger charge is -2.16. The third kappa shape index (κ3) is 5.71. The minimum absolute atomic E-state index is 0.147. The maximum atomic E-state index is 13.6. The van der Waals surface area contributed by atoms with E-state index in [1.54, 1.807) is 24.3 Å². The van der Waals surface area contributed by atoms with Crippen LogP contribution >= 0.6 is 0 Å². The van der Waals surface area contributed by atoms with Crippen molar-refractivity contribution in [2.24, 2.45) is 16.8 Å². The number of benzene rings is 2. The molecule has 1 aliphatic heterocycles. The van der Waals surface area contributed by atoms with Gasteiger partial charge in [-0.15, -0.1) is 0 Å². The molecule has 33 heavy (non-hydrogen) atoms. The van der Waals surface area contributed by atoms with E-state index in [0.717, 1.165) is 18.0 Å². The highest BCUT2D eigenvalue weighted by atomic mass is 19.3. The first-order chi connectivity index (χ1) is 15.6. The first kappa shape index (κ1) is 23.4. The fourth-order valence-corrected chi connectivity index (χ4v) is 3.10. The smallest absolute Gasteiger partial charge is 0.405 e. The summed E-state index contributed by atoms with van der Waals surface area (Å²) in [4.78, 5) is 36.3. The van der Waals surface area contributed by atoms with Crippen LogP contribution in [0.1, 0.15) is 25.0 Å². The normalized spacial score (nSPS) is 15.4. The van der Waals surface area contributed by atoms with Crippen LogP contribution in [-0.2, 0) is 20.2 Å². The molecule has 0 aromatic heterocycles. The van der Waals surface area contributed by atoms with E-state index in [2.05, 4.69) is 27.0 Å². The van der Waals surface area contributed by atoms with Crippen LogP contribution in [0.2, 0.25) is 0 Å². The number of amides is 3. The molecule has 0 bridgehead atoms. The van der Waals surface area contributed by atoms with Gasteiger partial charge in [-0.1, -0.05) is 30.0 Å². The van der Waals surface area contributed by atoms with Gasteiger partial charge < -0.3 is 15.8 Å². The van der Waals surface area contributed by atoms with Gasteiger partial charge in [0.15, 0.2) is 12.5 Å². The van der Waals surface area contributed by atoms with E-state index in [-0.39, 0.29) is 23.6 Å². The number of anilines is 2. The number of rotatable bonds is 5. The first-order valence-corrected chi connectivity index (χ1v) is 9.75. The van der Waals surface area contributed by atoms with E-state index in [1.807, 2.05) is 0 Å². The van der Waals surface area contributed by atoms with E-state index in [1.165, 1.54) is 25.1 Å². The Kier molecular flexibility index (Phi) is 6.72. The summed E-state index contributed by atoms with van der Waals surface area (Å²) in [5, 5.41) is 7.78. The summed E-state index contributed by atoms with van der Waals surface area (Å²) in [6.45, 7) is 2.10. The van der Waals surface area contributed by atoms with Crippen molar-refractivity contribution >= 4 is 35.0 Å². The van der Waals surface area contributed by atoms with Gasteiger partial charge in [0.2, 0.25) is 5.91 Å². The van der Waals surface area contributed by atoms with Crippen LogP contribution in [0.25, 0.3) is 0 Å². The molecule has 1 unspecified atom stereocenters. The Labute approximate surface area is 188 Å². The molecule has 0 aliphatic carbocycles. The summed E-state index contributed by atoms with van der Waals surface area (Å²) in [7, 11) is 0. The molecule has 3 N–H and O–H groups in total. The van der Waals surface area contributed by atoms with Gasteiger partial charge >= 0.3 is 6.09 Å². The molecule has 10 heteroatoms. The van der Waals surface area contributed by atoms with E-state index < -0.39 is 29.7 Å². The number of carbonyl (C=O) groups excluding carboxylic acids is 3. The molecule has 2 aromatic carbocycles. The minimum atomic E-state index is -3.07. The largest absolute Gasteiger partial charge is 0.437 e. The average molecular weight is 454 g/mol. The highest BCUT2D eigenvalue weighted by Crippen LogP contribution is 2.29. The van der Waals surface area contributed by atoms with Gasteiger partial charge in [-0.05, 0) is 37.3 Å². The van der Waals surface area contributed by atoms with Crippen LogP contribution in [0.3, 0.4) is 0 Å². The van der Waals surface area contributed by atoms with Crippen LogP contribution < -0.4 is 16.1 Å². The summed E-state index contributed by atoms with van der Waals surface area (Å²) >= 11 is 0. The topological polar surface area (TPSA) is 114 Å². The third-order valence-electron chi connectivity index (χ3n) is 4.64. The Hall–Kier alpha value is -4.26. The average Bonchev–Trinajstić information content (AvgIpc) is 3.05. The fourth-order valence-electron chi connectivity index (χ4n) is 3.10. The predicted octanol–water partition coefficient (Wildman–Crippen LogP) is 3.22. The third-order valence-corrected chi connectivity index (χ3v) is 4.64. The van der Waals surface area contributed by atoms with Gasteiger partial charge in [0.1, 0.15) is 0 Å². The lowest BCUT2D eigenvalue weighted by Crippen LogP contribution is -2.36. The lowest BCUT2D eigenvalue weighted by atomic mass is 10.0. The number of nitrogens with two attached hydrogens (primary N) is 1. The summed E-state index contributed by atoms with van der Waals surface area (Å²) in [5.41, 5.74) is 5.90. The Bertz CT molecular complexity index is 1190. The molecule has 0 saturated heterocycles. The van der Waals surface area contributed by atoms with Gasteiger partial charge in [0.25, 0.3) is 11.8 Å². The summed E-state index contributed by atoms with van der Waals surface area (Å²) in [5.74, 6) is -0.184. The van der Waals surface area contributed by atoms with Gasteiger partial charge in [-0.25, -0.2) is 13.6 Å². The second-order valence-electron chi connectivity index (χ2n) is 7.24. The molecule has 170 valence electrons. The van der Waals surface area contributed by atoms with Crippen LogP contribution in [0.5, 0.6) is 0 Å². The van der Waals surface area contributed by atoms with E-state index in [9.17, 15) is 23.2 Å².